The molecule has 7 heteroatoms. The summed E-state index contributed by atoms with van der Waals surface area (Å²) in [7, 11) is 1.55. The molecular weight excluding hydrogens is 232 g/mol. The van der Waals surface area contributed by atoms with E-state index in [2.05, 4.69) is 20.5 Å². The van der Waals surface area contributed by atoms with Crippen molar-refractivity contribution in [2.75, 3.05) is 13.6 Å². The number of nitrogens with one attached hydrogen (secondary N) is 1. The molecule has 0 aliphatic rings. The molecule has 2 aromatic heterocycles. The van der Waals surface area contributed by atoms with Crippen LogP contribution in [0.5, 0.6) is 0 Å². The summed E-state index contributed by atoms with van der Waals surface area (Å²) < 4.78 is 1.80. The van der Waals surface area contributed by atoms with E-state index < -0.39 is 0 Å². The number of aromatic nitrogens is 4. The van der Waals surface area contributed by atoms with Gasteiger partial charge in [-0.3, -0.25) is 9.36 Å². The molecule has 7 nitrogen and oxygen atoms in total. The third kappa shape index (κ3) is 2.35. The Kier molecular flexibility index (Phi) is 3.63. The fourth-order valence-corrected chi connectivity index (χ4v) is 1.56. The van der Waals surface area contributed by atoms with Gasteiger partial charge in [0.2, 0.25) is 0 Å². The lowest BCUT2D eigenvalue weighted by atomic mass is 10.3. The maximum atomic E-state index is 11.3. The second-order valence-corrected chi connectivity index (χ2v) is 3.61. The Hall–Kier alpha value is -2.28. The Morgan fingerprint density at radius 3 is 2.89 bits per heavy atom. The Morgan fingerprint density at radius 1 is 1.44 bits per heavy atom. The van der Waals surface area contributed by atoms with Crippen molar-refractivity contribution in [3.8, 4) is 5.82 Å². The number of nitrogens with zero attached hydrogens (tertiary/aromatic N) is 4. The molecule has 0 bridgehead atoms. The van der Waals surface area contributed by atoms with Crippen LogP contribution in [0.1, 0.15) is 16.3 Å². The lowest BCUT2D eigenvalue weighted by Gasteiger charge is -2.05. The van der Waals surface area contributed by atoms with E-state index in [-0.39, 0.29) is 11.6 Å². The van der Waals surface area contributed by atoms with Gasteiger partial charge in [-0.1, -0.05) is 0 Å². The monoisotopic (exact) mass is 246 g/mol. The van der Waals surface area contributed by atoms with E-state index >= 15 is 0 Å². The molecule has 2 rings (SSSR count). The van der Waals surface area contributed by atoms with Crippen molar-refractivity contribution in [1.82, 2.24) is 25.1 Å². The Balaban J connectivity index is 2.28. The predicted octanol–water partition coefficient (Wildman–Crippen LogP) is -0.477. The van der Waals surface area contributed by atoms with Crippen molar-refractivity contribution in [3.05, 3.63) is 36.0 Å². The SMILES string of the molecule is CNC(=O)c1ccc(-n2ccnc2CCN)nn1. The van der Waals surface area contributed by atoms with Crippen molar-refractivity contribution in [2.24, 2.45) is 5.73 Å². The number of amides is 1. The highest BCUT2D eigenvalue weighted by atomic mass is 16.1. The third-order valence-electron chi connectivity index (χ3n) is 2.44. The first-order valence-electron chi connectivity index (χ1n) is 5.54. The molecule has 0 saturated carbocycles. The second kappa shape index (κ2) is 5.37. The summed E-state index contributed by atoms with van der Waals surface area (Å²) in [4.78, 5) is 15.5. The summed E-state index contributed by atoms with van der Waals surface area (Å²) in [6.45, 7) is 0.515. The van der Waals surface area contributed by atoms with Crippen LogP contribution in [0.15, 0.2) is 24.5 Å². The molecule has 18 heavy (non-hydrogen) atoms. The molecule has 0 fully saturated rings. The largest absolute Gasteiger partial charge is 0.354 e. The van der Waals surface area contributed by atoms with Crippen LogP contribution in [-0.4, -0.2) is 39.2 Å². The normalized spacial score (nSPS) is 10.3. The molecule has 1 amide bonds. The van der Waals surface area contributed by atoms with Crippen molar-refractivity contribution in [1.29, 1.82) is 0 Å². The lowest BCUT2D eigenvalue weighted by Crippen LogP contribution is -2.20. The molecule has 0 aromatic carbocycles. The van der Waals surface area contributed by atoms with E-state index in [1.165, 1.54) is 0 Å². The van der Waals surface area contributed by atoms with E-state index in [9.17, 15) is 4.79 Å². The Labute approximate surface area is 104 Å². The van der Waals surface area contributed by atoms with Crippen LogP contribution in [0.3, 0.4) is 0 Å². The molecule has 0 unspecified atom stereocenters. The first kappa shape index (κ1) is 12.2. The minimum Gasteiger partial charge on any atom is -0.354 e. The molecule has 0 atom stereocenters. The number of hydrogen-bond acceptors (Lipinski definition) is 5. The van der Waals surface area contributed by atoms with Gasteiger partial charge in [-0.25, -0.2) is 4.98 Å². The minimum absolute atomic E-state index is 0.262. The zero-order chi connectivity index (χ0) is 13.0. The van der Waals surface area contributed by atoms with Crippen molar-refractivity contribution >= 4 is 5.91 Å². The number of imidazole rings is 1. The van der Waals surface area contributed by atoms with Crippen LogP contribution in [0.4, 0.5) is 0 Å². The highest BCUT2D eigenvalue weighted by molar-refractivity contribution is 5.91. The zero-order valence-corrected chi connectivity index (χ0v) is 10.00. The number of nitrogens with two attached hydrogens (primary N) is 1. The summed E-state index contributed by atoms with van der Waals surface area (Å²) >= 11 is 0. The number of hydrogen-bond donors (Lipinski definition) is 2. The smallest absolute Gasteiger partial charge is 0.271 e. The fourth-order valence-electron chi connectivity index (χ4n) is 1.56. The van der Waals surface area contributed by atoms with Crippen molar-refractivity contribution in [3.63, 3.8) is 0 Å². The fraction of sp³-hybridized carbons (Fsp3) is 0.273. The Bertz CT molecular complexity index is 533. The maximum Gasteiger partial charge on any atom is 0.271 e. The summed E-state index contributed by atoms with van der Waals surface area (Å²) in [6, 6.07) is 3.34. The maximum absolute atomic E-state index is 11.3. The summed E-state index contributed by atoms with van der Waals surface area (Å²) in [5, 5.41) is 10.4. The van der Waals surface area contributed by atoms with Crippen molar-refractivity contribution in [2.45, 2.75) is 6.42 Å². The number of carbonyl (C=O) groups excluding carboxylic acids is 1. The van der Waals surface area contributed by atoms with Gasteiger partial charge in [0.15, 0.2) is 11.5 Å². The van der Waals surface area contributed by atoms with Crippen LogP contribution in [-0.2, 0) is 6.42 Å². The van der Waals surface area contributed by atoms with Gasteiger partial charge in [-0.15, -0.1) is 10.2 Å². The minimum atomic E-state index is -0.262. The highest BCUT2D eigenvalue weighted by Gasteiger charge is 2.08. The molecule has 2 heterocycles. The molecule has 0 saturated heterocycles. The molecule has 94 valence electrons. The first-order valence-corrected chi connectivity index (χ1v) is 5.54. The molecule has 0 aliphatic carbocycles. The van der Waals surface area contributed by atoms with E-state index in [1.807, 2.05) is 0 Å². The average molecular weight is 246 g/mol. The van der Waals surface area contributed by atoms with Gasteiger partial charge in [0.1, 0.15) is 5.82 Å². The van der Waals surface area contributed by atoms with Crippen molar-refractivity contribution < 1.29 is 4.79 Å². The standard InChI is InChI=1S/C11H14N6O/c1-13-11(18)8-2-3-10(16-15-8)17-7-6-14-9(17)4-5-12/h2-3,6-7H,4-5,12H2,1H3,(H,13,18). The number of rotatable bonds is 4. The van der Waals surface area contributed by atoms with Crippen LogP contribution in [0.2, 0.25) is 0 Å². The summed E-state index contributed by atoms with van der Waals surface area (Å²) in [6.07, 6.45) is 4.12. The molecule has 2 aromatic rings. The topological polar surface area (TPSA) is 98.7 Å². The van der Waals surface area contributed by atoms with Crippen LogP contribution >= 0.6 is 0 Å². The molecule has 3 N–H and O–H groups in total. The highest BCUT2D eigenvalue weighted by Crippen LogP contribution is 2.07. The molecule has 0 spiro atoms. The Morgan fingerprint density at radius 2 is 2.28 bits per heavy atom. The van der Waals surface area contributed by atoms with Gasteiger partial charge in [0.25, 0.3) is 5.91 Å². The lowest BCUT2D eigenvalue weighted by molar-refractivity contribution is 0.0957. The van der Waals surface area contributed by atoms with Gasteiger partial charge in [0.05, 0.1) is 0 Å². The van der Waals surface area contributed by atoms with Gasteiger partial charge in [0, 0.05) is 25.9 Å². The van der Waals surface area contributed by atoms with E-state index in [4.69, 9.17) is 5.73 Å². The van der Waals surface area contributed by atoms with Crippen LogP contribution in [0, 0.1) is 0 Å². The third-order valence-corrected chi connectivity index (χ3v) is 2.44. The van der Waals surface area contributed by atoms with E-state index in [0.29, 0.717) is 18.8 Å². The zero-order valence-electron chi connectivity index (χ0n) is 10.00. The average Bonchev–Trinajstić information content (AvgIpc) is 2.87. The molecular formula is C11H14N6O. The quantitative estimate of drug-likeness (QED) is 0.759. The van der Waals surface area contributed by atoms with E-state index in [0.717, 1.165) is 5.82 Å². The van der Waals surface area contributed by atoms with Gasteiger partial charge in [-0.2, -0.15) is 0 Å². The second-order valence-electron chi connectivity index (χ2n) is 3.61. The van der Waals surface area contributed by atoms with Crippen LogP contribution < -0.4 is 11.1 Å². The first-order chi connectivity index (χ1) is 8.76. The molecule has 0 aliphatic heterocycles. The number of carbonyl (C=O) groups is 1. The van der Waals surface area contributed by atoms with Gasteiger partial charge < -0.3 is 11.1 Å². The van der Waals surface area contributed by atoms with E-state index in [1.54, 1.807) is 36.1 Å². The van der Waals surface area contributed by atoms with Crippen LogP contribution in [0.25, 0.3) is 5.82 Å². The van der Waals surface area contributed by atoms with Gasteiger partial charge in [-0.05, 0) is 18.7 Å². The summed E-state index contributed by atoms with van der Waals surface area (Å²) in [5.41, 5.74) is 5.79. The van der Waals surface area contributed by atoms with Gasteiger partial charge >= 0.3 is 0 Å². The predicted molar refractivity (Wildman–Crippen MR) is 65.3 cm³/mol. The summed E-state index contributed by atoms with van der Waals surface area (Å²) in [5.74, 6) is 1.17. The molecule has 0 radical (unpaired) electrons.